The van der Waals surface area contributed by atoms with Crippen molar-refractivity contribution in [3.8, 4) is 0 Å². The van der Waals surface area contributed by atoms with Gasteiger partial charge in [-0.25, -0.2) is 0 Å². The molecule has 0 saturated heterocycles. The summed E-state index contributed by atoms with van der Waals surface area (Å²) in [6.45, 7) is 2.07. The van der Waals surface area contributed by atoms with Crippen LogP contribution >= 0.6 is 12.6 Å². The van der Waals surface area contributed by atoms with E-state index in [9.17, 15) is 4.79 Å². The summed E-state index contributed by atoms with van der Waals surface area (Å²) in [5.74, 6) is 0.0212. The molecule has 0 aliphatic rings. The van der Waals surface area contributed by atoms with Gasteiger partial charge in [-0.2, -0.15) is 0 Å². The summed E-state index contributed by atoms with van der Waals surface area (Å²) in [6.07, 6.45) is 0. The fraction of sp³-hybridized carbons (Fsp3) is 0.0952. The lowest BCUT2D eigenvalue weighted by atomic mass is 10.0. The minimum atomic E-state index is 0.0212. The Labute approximate surface area is 148 Å². The minimum absolute atomic E-state index is 0.0212. The number of carbonyl (C=O) groups excluding carboxylic acids is 1. The Morgan fingerprint density at radius 2 is 1.17 bits per heavy atom. The Morgan fingerprint density at radius 1 is 0.750 bits per heavy atom. The molecule has 2 nitrogen and oxygen atoms in total. The second-order valence-electron chi connectivity index (χ2n) is 5.82. The molecule has 0 radical (unpaired) electrons. The molecule has 0 amide bonds. The predicted octanol–water partition coefficient (Wildman–Crippen LogP) is 5.28. The van der Waals surface area contributed by atoms with E-state index < -0.39 is 0 Å². The molecule has 3 rings (SSSR count). The van der Waals surface area contributed by atoms with Crippen LogP contribution in [0.5, 0.6) is 0 Å². The van der Waals surface area contributed by atoms with Crippen LogP contribution in [0.25, 0.3) is 0 Å². The number of rotatable bonds is 4. The lowest BCUT2D eigenvalue weighted by Crippen LogP contribution is -2.09. The highest BCUT2D eigenvalue weighted by Crippen LogP contribution is 2.24. The molecular weight excluding hydrogens is 314 g/mol. The minimum Gasteiger partial charge on any atom is -0.345 e. The van der Waals surface area contributed by atoms with Crippen molar-refractivity contribution in [3.05, 3.63) is 89.5 Å². The van der Waals surface area contributed by atoms with Crippen LogP contribution in [0.2, 0.25) is 0 Å². The van der Waals surface area contributed by atoms with Gasteiger partial charge in [0.15, 0.2) is 5.78 Å². The van der Waals surface area contributed by atoms with Crippen molar-refractivity contribution >= 4 is 29.8 Å². The number of hydrogen-bond donors (Lipinski definition) is 1. The first-order chi connectivity index (χ1) is 11.5. The molecule has 0 fully saturated rings. The average Bonchev–Trinajstić information content (AvgIpc) is 2.62. The van der Waals surface area contributed by atoms with Crippen LogP contribution in [0, 0.1) is 6.92 Å². The number of carbonyl (C=O) groups is 1. The van der Waals surface area contributed by atoms with Crippen LogP contribution in [0.15, 0.2) is 77.7 Å². The van der Waals surface area contributed by atoms with Crippen LogP contribution in [0.4, 0.5) is 11.4 Å². The van der Waals surface area contributed by atoms with Gasteiger partial charge in [0.2, 0.25) is 0 Å². The van der Waals surface area contributed by atoms with E-state index in [-0.39, 0.29) is 5.78 Å². The third-order valence-electron chi connectivity index (χ3n) is 4.07. The molecule has 0 saturated carbocycles. The Hall–Kier alpha value is -2.52. The van der Waals surface area contributed by atoms with Crippen molar-refractivity contribution in [1.29, 1.82) is 0 Å². The molecule has 0 N–H and O–H groups in total. The molecule has 120 valence electrons. The van der Waals surface area contributed by atoms with E-state index in [1.807, 2.05) is 43.4 Å². The van der Waals surface area contributed by atoms with Gasteiger partial charge in [-0.1, -0.05) is 17.7 Å². The number of anilines is 2. The van der Waals surface area contributed by atoms with Gasteiger partial charge < -0.3 is 4.90 Å². The number of ketones is 1. The van der Waals surface area contributed by atoms with Crippen molar-refractivity contribution in [2.75, 3.05) is 11.9 Å². The number of thiol groups is 1. The third kappa shape index (κ3) is 3.52. The summed E-state index contributed by atoms with van der Waals surface area (Å²) in [6, 6.07) is 23.3. The maximum absolute atomic E-state index is 12.5. The Balaban J connectivity index is 1.81. The largest absolute Gasteiger partial charge is 0.345 e. The van der Waals surface area contributed by atoms with Crippen molar-refractivity contribution in [2.24, 2.45) is 0 Å². The van der Waals surface area contributed by atoms with Crippen molar-refractivity contribution in [3.63, 3.8) is 0 Å². The van der Waals surface area contributed by atoms with Gasteiger partial charge in [-0.15, -0.1) is 12.6 Å². The van der Waals surface area contributed by atoms with Crippen LogP contribution in [-0.4, -0.2) is 12.8 Å². The smallest absolute Gasteiger partial charge is 0.193 e. The lowest BCUT2D eigenvalue weighted by molar-refractivity contribution is 0.103. The van der Waals surface area contributed by atoms with E-state index in [0.29, 0.717) is 11.1 Å². The summed E-state index contributed by atoms with van der Waals surface area (Å²) in [5, 5.41) is 0. The Bertz CT molecular complexity index is 837. The molecular formula is C21H19NOS. The van der Waals surface area contributed by atoms with Crippen LogP contribution in [0.3, 0.4) is 0 Å². The highest BCUT2D eigenvalue weighted by atomic mass is 32.1. The highest BCUT2D eigenvalue weighted by molar-refractivity contribution is 7.80. The summed E-state index contributed by atoms with van der Waals surface area (Å²) < 4.78 is 0. The third-order valence-corrected chi connectivity index (χ3v) is 4.37. The SMILES string of the molecule is Cc1ccc(N(C)c2ccc(C(=O)c3ccc(S)cc3)cc2)cc1. The standard InChI is InChI=1S/C21H19NOS/c1-15-3-9-18(10-4-15)22(2)19-11-5-16(6-12-19)21(23)17-7-13-20(24)14-8-17/h3-14,24H,1-2H3. The second-order valence-corrected chi connectivity index (χ2v) is 6.33. The number of benzene rings is 3. The molecule has 0 aliphatic carbocycles. The summed E-state index contributed by atoms with van der Waals surface area (Å²) in [4.78, 5) is 15.5. The predicted molar refractivity (Wildman–Crippen MR) is 103 cm³/mol. The zero-order valence-electron chi connectivity index (χ0n) is 13.7. The molecule has 3 aromatic carbocycles. The van der Waals surface area contributed by atoms with E-state index in [1.54, 1.807) is 12.1 Å². The van der Waals surface area contributed by atoms with Gasteiger partial charge in [0.1, 0.15) is 0 Å². The first-order valence-corrected chi connectivity index (χ1v) is 8.23. The Kier molecular flexibility index (Phi) is 4.72. The van der Waals surface area contributed by atoms with Crippen LogP contribution < -0.4 is 4.90 Å². The first-order valence-electron chi connectivity index (χ1n) is 7.79. The normalized spacial score (nSPS) is 10.5. The Morgan fingerprint density at radius 3 is 1.67 bits per heavy atom. The molecule has 0 aromatic heterocycles. The maximum atomic E-state index is 12.5. The fourth-order valence-corrected chi connectivity index (χ4v) is 2.68. The first kappa shape index (κ1) is 16.3. The van der Waals surface area contributed by atoms with E-state index >= 15 is 0 Å². The zero-order chi connectivity index (χ0) is 17.1. The summed E-state index contributed by atoms with van der Waals surface area (Å²) in [5.41, 5.74) is 4.75. The summed E-state index contributed by atoms with van der Waals surface area (Å²) in [7, 11) is 2.02. The van der Waals surface area contributed by atoms with E-state index in [2.05, 4.69) is 48.7 Å². The molecule has 0 aliphatic heterocycles. The highest BCUT2D eigenvalue weighted by Gasteiger charge is 2.10. The van der Waals surface area contributed by atoms with Gasteiger partial charge in [0, 0.05) is 34.4 Å². The molecule has 0 bridgehead atoms. The van der Waals surface area contributed by atoms with Crippen molar-refractivity contribution < 1.29 is 4.79 Å². The van der Waals surface area contributed by atoms with Crippen molar-refractivity contribution in [2.45, 2.75) is 11.8 Å². The zero-order valence-corrected chi connectivity index (χ0v) is 14.6. The monoisotopic (exact) mass is 333 g/mol. The van der Waals surface area contributed by atoms with Gasteiger partial charge >= 0.3 is 0 Å². The molecule has 0 atom stereocenters. The molecule has 3 heteroatoms. The number of nitrogens with zero attached hydrogens (tertiary/aromatic N) is 1. The fourth-order valence-electron chi connectivity index (χ4n) is 2.53. The average molecular weight is 333 g/mol. The maximum Gasteiger partial charge on any atom is 0.193 e. The van der Waals surface area contributed by atoms with E-state index in [1.165, 1.54) is 5.56 Å². The molecule has 3 aromatic rings. The topological polar surface area (TPSA) is 20.3 Å². The quantitative estimate of drug-likeness (QED) is 0.517. The van der Waals surface area contributed by atoms with Gasteiger partial charge in [0.25, 0.3) is 0 Å². The van der Waals surface area contributed by atoms with Gasteiger partial charge in [-0.3, -0.25) is 4.79 Å². The van der Waals surface area contributed by atoms with Gasteiger partial charge in [-0.05, 0) is 67.6 Å². The molecule has 24 heavy (non-hydrogen) atoms. The number of aryl methyl sites for hydroxylation is 1. The van der Waals surface area contributed by atoms with Crippen LogP contribution in [0.1, 0.15) is 21.5 Å². The van der Waals surface area contributed by atoms with Crippen molar-refractivity contribution in [1.82, 2.24) is 0 Å². The summed E-state index contributed by atoms with van der Waals surface area (Å²) >= 11 is 4.25. The van der Waals surface area contributed by atoms with E-state index in [4.69, 9.17) is 0 Å². The molecule has 0 spiro atoms. The second kappa shape index (κ2) is 6.93. The number of hydrogen-bond acceptors (Lipinski definition) is 3. The molecule has 0 heterocycles. The van der Waals surface area contributed by atoms with Crippen LogP contribution in [-0.2, 0) is 0 Å². The molecule has 0 unspecified atom stereocenters. The van der Waals surface area contributed by atoms with Gasteiger partial charge in [0.05, 0.1) is 0 Å². The lowest BCUT2D eigenvalue weighted by Gasteiger charge is -2.20. The van der Waals surface area contributed by atoms with E-state index in [0.717, 1.165) is 16.3 Å².